The summed E-state index contributed by atoms with van der Waals surface area (Å²) in [5, 5.41) is 15.7. The molecule has 0 bridgehead atoms. The van der Waals surface area contributed by atoms with Crippen molar-refractivity contribution in [3.63, 3.8) is 0 Å². The fourth-order valence-corrected chi connectivity index (χ4v) is 4.80. The van der Waals surface area contributed by atoms with Crippen molar-refractivity contribution >= 4 is 55.7 Å². The highest BCUT2D eigenvalue weighted by atomic mass is 79.9. The maximum Gasteiger partial charge on any atom is 0.283 e. The number of hydrogen-bond acceptors (Lipinski definition) is 7. The van der Waals surface area contributed by atoms with Crippen molar-refractivity contribution in [2.24, 2.45) is 10.1 Å². The zero-order valence-electron chi connectivity index (χ0n) is 20.1. The van der Waals surface area contributed by atoms with Crippen LogP contribution >= 0.6 is 27.7 Å². The van der Waals surface area contributed by atoms with Crippen LogP contribution in [0.25, 0.3) is 6.08 Å². The van der Waals surface area contributed by atoms with Gasteiger partial charge in [-0.15, -0.1) is 0 Å². The van der Waals surface area contributed by atoms with E-state index in [0.717, 1.165) is 28.1 Å². The van der Waals surface area contributed by atoms with Crippen LogP contribution in [0.2, 0.25) is 0 Å². The molecule has 2 aromatic carbocycles. The average molecular weight is 571 g/mol. The van der Waals surface area contributed by atoms with Gasteiger partial charge < -0.3 is 14.2 Å². The van der Waals surface area contributed by atoms with Crippen LogP contribution in [0.3, 0.4) is 0 Å². The first kappa shape index (κ1) is 26.1. The lowest BCUT2D eigenvalue weighted by Gasteiger charge is -2.20. The topological polar surface area (TPSA) is 96.6 Å². The molecule has 10 heteroatoms. The molecule has 2 aliphatic rings. The number of benzene rings is 2. The second-order valence-electron chi connectivity index (χ2n) is 8.07. The Balaban J connectivity index is 1.34. The van der Waals surface area contributed by atoms with E-state index in [-0.39, 0.29) is 11.4 Å². The van der Waals surface area contributed by atoms with Crippen LogP contribution in [0.15, 0.2) is 62.6 Å². The first-order valence-corrected chi connectivity index (χ1v) is 13.2. The van der Waals surface area contributed by atoms with E-state index in [0.29, 0.717) is 42.9 Å². The Hall–Kier alpha value is -2.95. The molecule has 0 aliphatic carbocycles. The monoisotopic (exact) mass is 570 g/mol. The lowest BCUT2D eigenvalue weighted by Crippen LogP contribution is -2.35. The van der Waals surface area contributed by atoms with Gasteiger partial charge in [0.1, 0.15) is 29.8 Å². The van der Waals surface area contributed by atoms with E-state index in [1.165, 1.54) is 22.3 Å². The van der Waals surface area contributed by atoms with E-state index in [1.54, 1.807) is 6.08 Å². The zero-order chi connectivity index (χ0) is 25.5. The Kier molecular flexibility index (Phi) is 8.95. The SMILES string of the molecule is CCCC1=NN2C(=N)/C(=C/c3cc(Br)ccc3OCCOCCOc3ccc(C)cc3)C(=O)N=C2S1. The van der Waals surface area contributed by atoms with Crippen molar-refractivity contribution in [3.05, 3.63) is 63.6 Å². The number of hydrogen-bond donors (Lipinski definition) is 1. The van der Waals surface area contributed by atoms with Crippen LogP contribution in [0.5, 0.6) is 11.5 Å². The number of aliphatic imine (C=N–C) groups is 1. The summed E-state index contributed by atoms with van der Waals surface area (Å²) in [5.74, 6) is 0.930. The molecule has 0 saturated carbocycles. The van der Waals surface area contributed by atoms with Crippen molar-refractivity contribution < 1.29 is 19.0 Å². The number of carbonyl (C=O) groups is 1. The number of hydrazone groups is 1. The van der Waals surface area contributed by atoms with Gasteiger partial charge in [0.05, 0.1) is 18.8 Å². The van der Waals surface area contributed by atoms with E-state index >= 15 is 0 Å². The quantitative estimate of drug-likeness (QED) is 0.277. The Morgan fingerprint density at radius 1 is 1.08 bits per heavy atom. The molecule has 2 aliphatic heterocycles. The first-order valence-electron chi connectivity index (χ1n) is 11.6. The highest BCUT2D eigenvalue weighted by Crippen LogP contribution is 2.31. The minimum atomic E-state index is -0.463. The summed E-state index contributed by atoms with van der Waals surface area (Å²) in [4.78, 5) is 16.9. The van der Waals surface area contributed by atoms with Crippen molar-refractivity contribution in [2.45, 2.75) is 26.7 Å². The van der Waals surface area contributed by atoms with Gasteiger partial charge in [0.15, 0.2) is 5.84 Å². The highest BCUT2D eigenvalue weighted by molar-refractivity contribution is 9.10. The summed E-state index contributed by atoms with van der Waals surface area (Å²) in [6.45, 7) is 5.68. The van der Waals surface area contributed by atoms with Gasteiger partial charge in [-0.25, -0.2) is 0 Å². The number of halogens is 1. The van der Waals surface area contributed by atoms with Crippen LogP contribution in [-0.4, -0.2) is 53.4 Å². The third kappa shape index (κ3) is 6.63. The molecular weight excluding hydrogens is 544 g/mol. The number of nitrogens with one attached hydrogen (secondary N) is 1. The largest absolute Gasteiger partial charge is 0.491 e. The molecule has 36 heavy (non-hydrogen) atoms. The second kappa shape index (κ2) is 12.3. The minimum Gasteiger partial charge on any atom is -0.491 e. The first-order chi connectivity index (χ1) is 17.4. The van der Waals surface area contributed by atoms with E-state index in [2.05, 4.69) is 32.9 Å². The van der Waals surface area contributed by atoms with Gasteiger partial charge in [-0.2, -0.15) is 15.1 Å². The molecular formula is C26H27BrN4O4S. The number of carbonyl (C=O) groups excluding carboxylic acids is 1. The maximum atomic E-state index is 12.7. The van der Waals surface area contributed by atoms with E-state index in [4.69, 9.17) is 19.6 Å². The molecule has 0 saturated heterocycles. The highest BCUT2D eigenvalue weighted by Gasteiger charge is 2.35. The third-order valence-electron chi connectivity index (χ3n) is 5.23. The Morgan fingerprint density at radius 3 is 2.58 bits per heavy atom. The molecule has 1 amide bonds. The zero-order valence-corrected chi connectivity index (χ0v) is 22.5. The summed E-state index contributed by atoms with van der Waals surface area (Å²) < 4.78 is 18.0. The molecule has 2 aromatic rings. The predicted octanol–water partition coefficient (Wildman–Crippen LogP) is 5.65. The average Bonchev–Trinajstić information content (AvgIpc) is 3.26. The molecule has 2 heterocycles. The molecule has 4 rings (SSSR count). The lowest BCUT2D eigenvalue weighted by molar-refractivity contribution is -0.114. The van der Waals surface area contributed by atoms with Gasteiger partial charge in [-0.05, 0) is 67.9 Å². The standard InChI is InChI=1S/C26H27BrN4O4S/c1-3-4-23-30-31-24(28)21(25(32)29-26(31)36-23)16-18-15-19(27)7-10-22(18)35-14-12-33-11-13-34-20-8-5-17(2)6-9-20/h5-10,15-16,28H,3-4,11-14H2,1-2H3/b21-16-,28-24?. The summed E-state index contributed by atoms with van der Waals surface area (Å²) in [7, 11) is 0. The molecule has 188 valence electrons. The summed E-state index contributed by atoms with van der Waals surface area (Å²) in [6.07, 6.45) is 3.34. The number of amidine groups is 2. The van der Waals surface area contributed by atoms with Crippen molar-refractivity contribution in [3.8, 4) is 11.5 Å². The maximum absolute atomic E-state index is 12.7. The van der Waals surface area contributed by atoms with Crippen LogP contribution in [0.1, 0.15) is 30.9 Å². The van der Waals surface area contributed by atoms with Gasteiger partial charge in [0.25, 0.3) is 5.91 Å². The number of nitrogens with zero attached hydrogens (tertiary/aromatic N) is 3. The van der Waals surface area contributed by atoms with Gasteiger partial charge in [-0.3, -0.25) is 10.2 Å². The summed E-state index contributed by atoms with van der Waals surface area (Å²) >= 11 is 4.81. The smallest absolute Gasteiger partial charge is 0.283 e. The van der Waals surface area contributed by atoms with Crippen LogP contribution in [0, 0.1) is 12.3 Å². The summed E-state index contributed by atoms with van der Waals surface area (Å²) in [6, 6.07) is 13.4. The van der Waals surface area contributed by atoms with E-state index < -0.39 is 5.91 Å². The van der Waals surface area contributed by atoms with Crippen molar-refractivity contribution in [1.29, 1.82) is 5.41 Å². The van der Waals surface area contributed by atoms with Crippen LogP contribution < -0.4 is 9.47 Å². The summed E-state index contributed by atoms with van der Waals surface area (Å²) in [5.41, 5.74) is 2.00. The van der Waals surface area contributed by atoms with Crippen molar-refractivity contribution in [2.75, 3.05) is 26.4 Å². The van der Waals surface area contributed by atoms with Crippen LogP contribution in [-0.2, 0) is 9.53 Å². The molecule has 0 fully saturated rings. The minimum absolute atomic E-state index is 0.00596. The van der Waals surface area contributed by atoms with E-state index in [1.807, 2.05) is 49.4 Å². The molecule has 0 aromatic heterocycles. The fraction of sp³-hybridized carbons (Fsp3) is 0.308. The third-order valence-corrected chi connectivity index (χ3v) is 6.70. The lowest BCUT2D eigenvalue weighted by atomic mass is 10.1. The molecule has 0 radical (unpaired) electrons. The van der Waals surface area contributed by atoms with Crippen LogP contribution in [0.4, 0.5) is 0 Å². The number of amides is 1. The molecule has 0 atom stereocenters. The normalized spacial score (nSPS) is 16.2. The molecule has 8 nitrogen and oxygen atoms in total. The fourth-order valence-electron chi connectivity index (χ4n) is 3.43. The van der Waals surface area contributed by atoms with Gasteiger partial charge >= 0.3 is 0 Å². The van der Waals surface area contributed by atoms with E-state index in [9.17, 15) is 4.79 Å². The number of ether oxygens (including phenoxy) is 3. The Morgan fingerprint density at radius 2 is 1.83 bits per heavy atom. The Bertz CT molecular complexity index is 1230. The van der Waals surface area contributed by atoms with Gasteiger partial charge in [0, 0.05) is 10.0 Å². The van der Waals surface area contributed by atoms with Gasteiger partial charge in [0.2, 0.25) is 5.17 Å². The second-order valence-corrected chi connectivity index (χ2v) is 10.0. The van der Waals surface area contributed by atoms with Crippen molar-refractivity contribution in [1.82, 2.24) is 5.01 Å². The van der Waals surface area contributed by atoms with Gasteiger partial charge in [-0.1, -0.05) is 40.5 Å². The number of thioether (sulfide) groups is 1. The predicted molar refractivity (Wildman–Crippen MR) is 147 cm³/mol. The molecule has 1 N–H and O–H groups in total. The Labute approximate surface area is 223 Å². The number of aryl methyl sites for hydroxylation is 1. The number of fused-ring (bicyclic) bond motifs is 1. The number of rotatable bonds is 11. The molecule has 0 spiro atoms. The molecule has 0 unspecified atom stereocenters.